The van der Waals surface area contributed by atoms with Crippen molar-refractivity contribution in [1.29, 1.82) is 0 Å². The number of nitrogens with zero attached hydrogens (tertiary/aromatic N) is 2. The van der Waals surface area contributed by atoms with Gasteiger partial charge in [-0.05, 0) is 50.6 Å². The molecule has 0 radical (unpaired) electrons. The van der Waals surface area contributed by atoms with Crippen molar-refractivity contribution in [2.45, 2.75) is 32.9 Å². The number of carbonyl (C=O) groups excluding carboxylic acids is 2. The first-order valence-electron chi connectivity index (χ1n) is 9.47. The SMILES string of the molecule is Cc1nn(Cc2ccc(F)cc2)c(C)c1NC(=O)C1(C)Oc2ccccc2NC1=O. The van der Waals surface area contributed by atoms with Gasteiger partial charge in [-0.25, -0.2) is 4.39 Å². The number of para-hydroxylation sites is 2. The second-order valence-electron chi connectivity index (χ2n) is 7.37. The Labute approximate surface area is 172 Å². The first-order chi connectivity index (χ1) is 14.3. The van der Waals surface area contributed by atoms with E-state index in [0.717, 1.165) is 5.56 Å². The van der Waals surface area contributed by atoms with Crippen molar-refractivity contribution in [1.82, 2.24) is 9.78 Å². The van der Waals surface area contributed by atoms with Crippen LogP contribution in [0.1, 0.15) is 23.9 Å². The summed E-state index contributed by atoms with van der Waals surface area (Å²) in [7, 11) is 0. The van der Waals surface area contributed by atoms with Crippen molar-refractivity contribution >= 4 is 23.2 Å². The first-order valence-corrected chi connectivity index (χ1v) is 9.47. The largest absolute Gasteiger partial charge is 0.466 e. The maximum Gasteiger partial charge on any atom is 0.278 e. The minimum atomic E-state index is -1.73. The fraction of sp³-hybridized carbons (Fsp3) is 0.227. The fourth-order valence-corrected chi connectivity index (χ4v) is 3.34. The molecule has 1 aromatic heterocycles. The van der Waals surface area contributed by atoms with Crippen LogP contribution in [0.2, 0.25) is 0 Å². The van der Waals surface area contributed by atoms with Crippen LogP contribution in [0.15, 0.2) is 48.5 Å². The van der Waals surface area contributed by atoms with E-state index in [9.17, 15) is 14.0 Å². The normalized spacial score (nSPS) is 17.7. The van der Waals surface area contributed by atoms with E-state index in [-0.39, 0.29) is 5.82 Å². The Bertz CT molecular complexity index is 1140. The summed E-state index contributed by atoms with van der Waals surface area (Å²) in [5.74, 6) is -1.02. The van der Waals surface area contributed by atoms with Crippen molar-refractivity contribution < 1.29 is 18.7 Å². The van der Waals surface area contributed by atoms with Gasteiger partial charge in [-0.15, -0.1) is 0 Å². The molecule has 0 fully saturated rings. The van der Waals surface area contributed by atoms with E-state index in [2.05, 4.69) is 15.7 Å². The van der Waals surface area contributed by atoms with Gasteiger partial charge in [0.1, 0.15) is 11.6 Å². The lowest BCUT2D eigenvalue weighted by Crippen LogP contribution is -2.56. The molecule has 1 aliphatic rings. The second-order valence-corrected chi connectivity index (χ2v) is 7.37. The van der Waals surface area contributed by atoms with Crippen molar-refractivity contribution in [3.8, 4) is 5.75 Å². The summed E-state index contributed by atoms with van der Waals surface area (Å²) in [5, 5.41) is 9.98. The molecule has 0 saturated carbocycles. The van der Waals surface area contributed by atoms with Crippen LogP contribution in [-0.2, 0) is 16.1 Å². The third-order valence-electron chi connectivity index (χ3n) is 5.18. The number of hydrogen-bond acceptors (Lipinski definition) is 4. The first kappa shape index (κ1) is 19.6. The third-order valence-corrected chi connectivity index (χ3v) is 5.18. The molecule has 2 amide bonds. The Morgan fingerprint density at radius 2 is 1.90 bits per heavy atom. The topological polar surface area (TPSA) is 85.2 Å². The van der Waals surface area contributed by atoms with Crippen LogP contribution >= 0.6 is 0 Å². The number of fused-ring (bicyclic) bond motifs is 1. The van der Waals surface area contributed by atoms with E-state index in [0.29, 0.717) is 35.1 Å². The lowest BCUT2D eigenvalue weighted by molar-refractivity contribution is -0.143. The molecule has 154 valence electrons. The molecule has 1 unspecified atom stereocenters. The highest BCUT2D eigenvalue weighted by atomic mass is 19.1. The smallest absolute Gasteiger partial charge is 0.278 e. The van der Waals surface area contributed by atoms with Crippen LogP contribution in [0, 0.1) is 19.7 Å². The lowest BCUT2D eigenvalue weighted by Gasteiger charge is -2.33. The van der Waals surface area contributed by atoms with Crippen LogP contribution in [0.5, 0.6) is 5.75 Å². The molecule has 1 aliphatic heterocycles. The van der Waals surface area contributed by atoms with E-state index in [1.165, 1.54) is 19.1 Å². The van der Waals surface area contributed by atoms with Gasteiger partial charge in [0, 0.05) is 0 Å². The zero-order valence-corrected chi connectivity index (χ0v) is 16.8. The molecule has 0 spiro atoms. The number of nitrogens with one attached hydrogen (secondary N) is 2. The molecule has 0 saturated heterocycles. The summed E-state index contributed by atoms with van der Waals surface area (Å²) in [6.07, 6.45) is 0. The second kappa shape index (κ2) is 7.29. The molecule has 2 heterocycles. The Morgan fingerprint density at radius 3 is 2.63 bits per heavy atom. The highest BCUT2D eigenvalue weighted by molar-refractivity contribution is 6.19. The molecule has 2 N–H and O–H groups in total. The van der Waals surface area contributed by atoms with Gasteiger partial charge < -0.3 is 15.4 Å². The quantitative estimate of drug-likeness (QED) is 0.648. The lowest BCUT2D eigenvalue weighted by atomic mass is 10.0. The summed E-state index contributed by atoms with van der Waals surface area (Å²) in [4.78, 5) is 25.6. The summed E-state index contributed by atoms with van der Waals surface area (Å²) in [5.41, 5.74) is 1.49. The Hall–Kier alpha value is -3.68. The number of anilines is 2. The van der Waals surface area contributed by atoms with Gasteiger partial charge in [0.15, 0.2) is 0 Å². The van der Waals surface area contributed by atoms with Crippen molar-refractivity contribution in [2.24, 2.45) is 0 Å². The number of aromatic nitrogens is 2. The standard InChI is InChI=1S/C22H21FN4O3/c1-13-19(14(2)27(26-13)12-15-8-10-16(23)11-9-15)25-21(29)22(3)20(28)24-17-6-4-5-7-18(17)30-22/h4-11H,12H2,1-3H3,(H,24,28)(H,25,29). The number of ether oxygens (including phenoxy) is 1. The fourth-order valence-electron chi connectivity index (χ4n) is 3.34. The summed E-state index contributed by atoms with van der Waals surface area (Å²) in [6.45, 7) is 5.44. The maximum absolute atomic E-state index is 13.1. The van der Waals surface area contributed by atoms with E-state index < -0.39 is 17.4 Å². The zero-order chi connectivity index (χ0) is 21.5. The predicted octanol–water partition coefficient (Wildman–Crippen LogP) is 3.42. The van der Waals surface area contributed by atoms with E-state index in [1.54, 1.807) is 48.0 Å². The number of benzene rings is 2. The van der Waals surface area contributed by atoms with Gasteiger partial charge in [-0.2, -0.15) is 5.10 Å². The molecule has 30 heavy (non-hydrogen) atoms. The highest BCUT2D eigenvalue weighted by Crippen LogP contribution is 2.34. The van der Waals surface area contributed by atoms with Crippen LogP contribution in [0.4, 0.5) is 15.8 Å². The Balaban J connectivity index is 1.57. The molecule has 0 bridgehead atoms. The van der Waals surface area contributed by atoms with Gasteiger partial charge in [0.05, 0.1) is 29.3 Å². The number of rotatable bonds is 4. The summed E-state index contributed by atoms with van der Waals surface area (Å²) in [6, 6.07) is 13.1. The number of hydrogen-bond donors (Lipinski definition) is 2. The average Bonchev–Trinajstić information content (AvgIpc) is 2.98. The minimum absolute atomic E-state index is 0.305. The maximum atomic E-state index is 13.1. The molecule has 7 nitrogen and oxygen atoms in total. The number of amides is 2. The van der Waals surface area contributed by atoms with Crippen molar-refractivity contribution in [2.75, 3.05) is 10.6 Å². The third kappa shape index (κ3) is 3.41. The minimum Gasteiger partial charge on any atom is -0.466 e. The molecular weight excluding hydrogens is 387 g/mol. The molecule has 1 atom stereocenters. The summed E-state index contributed by atoms with van der Waals surface area (Å²) < 4.78 is 20.6. The Kier molecular flexibility index (Phi) is 4.77. The number of halogens is 1. The van der Waals surface area contributed by atoms with Crippen LogP contribution < -0.4 is 15.4 Å². The van der Waals surface area contributed by atoms with E-state index in [4.69, 9.17) is 4.74 Å². The van der Waals surface area contributed by atoms with Crippen LogP contribution in [0.3, 0.4) is 0 Å². The molecule has 4 rings (SSSR count). The molecule has 2 aromatic carbocycles. The molecular formula is C22H21FN4O3. The van der Waals surface area contributed by atoms with Gasteiger partial charge in [-0.1, -0.05) is 24.3 Å². The van der Waals surface area contributed by atoms with E-state index >= 15 is 0 Å². The van der Waals surface area contributed by atoms with Gasteiger partial charge in [0.25, 0.3) is 17.4 Å². The van der Waals surface area contributed by atoms with E-state index in [1.807, 2.05) is 6.92 Å². The average molecular weight is 408 g/mol. The Morgan fingerprint density at radius 1 is 1.20 bits per heavy atom. The molecule has 3 aromatic rings. The van der Waals surface area contributed by atoms with Crippen LogP contribution in [0.25, 0.3) is 0 Å². The van der Waals surface area contributed by atoms with Gasteiger partial charge >= 0.3 is 0 Å². The highest BCUT2D eigenvalue weighted by Gasteiger charge is 2.47. The molecule has 0 aliphatic carbocycles. The van der Waals surface area contributed by atoms with Gasteiger partial charge in [-0.3, -0.25) is 14.3 Å². The molecule has 8 heteroatoms. The van der Waals surface area contributed by atoms with Gasteiger partial charge in [0.2, 0.25) is 0 Å². The van der Waals surface area contributed by atoms with Crippen LogP contribution in [-0.4, -0.2) is 27.2 Å². The van der Waals surface area contributed by atoms with Crippen molar-refractivity contribution in [3.05, 3.63) is 71.3 Å². The zero-order valence-electron chi connectivity index (χ0n) is 16.8. The number of carbonyl (C=O) groups is 2. The predicted molar refractivity (Wildman–Crippen MR) is 110 cm³/mol. The number of aryl methyl sites for hydroxylation is 1. The summed E-state index contributed by atoms with van der Waals surface area (Å²) >= 11 is 0. The van der Waals surface area contributed by atoms with Crippen molar-refractivity contribution in [3.63, 3.8) is 0 Å². The monoisotopic (exact) mass is 408 g/mol.